The van der Waals surface area contributed by atoms with Crippen LogP contribution in [-0.4, -0.2) is 49.5 Å². The minimum absolute atomic E-state index is 0. The summed E-state index contributed by atoms with van der Waals surface area (Å²) in [7, 11) is 0. The zero-order valence-electron chi connectivity index (χ0n) is 24.8. The average molecular weight is 865 g/mol. The van der Waals surface area contributed by atoms with Gasteiger partial charge < -0.3 is 9.36 Å². The Labute approximate surface area is 292 Å². The molecule has 252 valence electrons. The van der Waals surface area contributed by atoms with E-state index in [4.69, 9.17) is 9.97 Å². The van der Waals surface area contributed by atoms with Gasteiger partial charge in [-0.2, -0.15) is 26.3 Å². The van der Waals surface area contributed by atoms with Gasteiger partial charge in [0.2, 0.25) is 0 Å². The van der Waals surface area contributed by atoms with Gasteiger partial charge in [0.15, 0.2) is 0 Å². The fourth-order valence-electron chi connectivity index (χ4n) is 4.75. The van der Waals surface area contributed by atoms with E-state index in [1.165, 1.54) is 37.2 Å². The van der Waals surface area contributed by atoms with Gasteiger partial charge >= 0.3 is 33.4 Å². The molecule has 0 aliphatic carbocycles. The van der Waals surface area contributed by atoms with Gasteiger partial charge in [0, 0.05) is 30.5 Å². The average Bonchev–Trinajstić information content (AvgIpc) is 3.82. The summed E-state index contributed by atoms with van der Waals surface area (Å²) in [5.74, 6) is 0.164. The van der Waals surface area contributed by atoms with Crippen LogP contribution in [0.2, 0.25) is 0 Å². The number of halogens is 6. The van der Waals surface area contributed by atoms with Crippen molar-refractivity contribution in [3.8, 4) is 34.2 Å². The molecule has 0 aliphatic heterocycles. The topological polar surface area (TPSA) is 116 Å². The van der Waals surface area contributed by atoms with Crippen LogP contribution >= 0.6 is 0 Å². The van der Waals surface area contributed by atoms with Gasteiger partial charge in [-0.15, -0.1) is 12.1 Å². The Morgan fingerprint density at radius 3 is 1.42 bits per heavy atom. The second-order valence-electron chi connectivity index (χ2n) is 10.1. The number of para-hydroxylation sites is 1. The first-order valence-electron chi connectivity index (χ1n) is 14.1. The van der Waals surface area contributed by atoms with E-state index in [0.717, 1.165) is 9.36 Å². The molecule has 11 nitrogen and oxygen atoms in total. The number of anilines is 3. The third-order valence-electron chi connectivity index (χ3n) is 6.92. The van der Waals surface area contributed by atoms with Crippen LogP contribution in [0.25, 0.3) is 34.2 Å². The first-order valence-corrected chi connectivity index (χ1v) is 14.1. The molecular formula is C32H17F6N11Pt. The molecule has 50 heavy (non-hydrogen) atoms. The molecule has 0 atom stereocenters. The summed E-state index contributed by atoms with van der Waals surface area (Å²) >= 11 is 0. The SMILES string of the molecule is FC(F)(F)c1c[c-]n(-c2nc(N(c3ccccc3)c3ccc(-c4cnccn4)c(-n4[c-]cc(C(F)(F)F)n4)n3)ccc2-c2cnccn2)n1.[Pt+2]. The smallest absolute Gasteiger partial charge is 0.342 e. The Balaban J connectivity index is 0.00000432. The van der Waals surface area contributed by atoms with Crippen LogP contribution in [-0.2, 0) is 33.4 Å². The number of hydrogen-bond acceptors (Lipinski definition) is 9. The Hall–Kier alpha value is -5.83. The maximum absolute atomic E-state index is 13.6. The molecular weight excluding hydrogens is 847 g/mol. The zero-order valence-corrected chi connectivity index (χ0v) is 27.1. The van der Waals surface area contributed by atoms with Crippen molar-refractivity contribution < 1.29 is 47.4 Å². The second-order valence-corrected chi connectivity index (χ2v) is 10.1. The molecule has 6 heterocycles. The summed E-state index contributed by atoms with van der Waals surface area (Å²) in [5.41, 5.74) is -0.716. The van der Waals surface area contributed by atoms with Crippen LogP contribution in [0.1, 0.15) is 11.4 Å². The summed E-state index contributed by atoms with van der Waals surface area (Å²) in [6.45, 7) is 0. The quantitative estimate of drug-likeness (QED) is 0.125. The van der Waals surface area contributed by atoms with E-state index >= 15 is 0 Å². The number of pyridine rings is 2. The van der Waals surface area contributed by atoms with E-state index in [-0.39, 0.29) is 55.5 Å². The summed E-state index contributed by atoms with van der Waals surface area (Å²) in [6.07, 6.45) is 3.99. The zero-order chi connectivity index (χ0) is 34.2. The Morgan fingerprint density at radius 1 is 0.580 bits per heavy atom. The molecule has 18 heteroatoms. The van der Waals surface area contributed by atoms with Crippen molar-refractivity contribution in [1.29, 1.82) is 0 Å². The molecule has 0 fully saturated rings. The van der Waals surface area contributed by atoms with Crippen molar-refractivity contribution >= 4 is 17.3 Å². The van der Waals surface area contributed by atoms with Crippen molar-refractivity contribution in [1.82, 2.24) is 49.5 Å². The molecule has 0 bridgehead atoms. The second kappa shape index (κ2) is 13.6. The predicted octanol–water partition coefficient (Wildman–Crippen LogP) is 6.87. The first kappa shape index (κ1) is 34.0. The van der Waals surface area contributed by atoms with Gasteiger partial charge in [0.25, 0.3) is 0 Å². The molecule has 0 N–H and O–H groups in total. The first-order chi connectivity index (χ1) is 23.6. The van der Waals surface area contributed by atoms with Crippen molar-refractivity contribution in [2.45, 2.75) is 12.4 Å². The van der Waals surface area contributed by atoms with Gasteiger partial charge in [-0.3, -0.25) is 45.0 Å². The van der Waals surface area contributed by atoms with Crippen LogP contribution < -0.4 is 4.90 Å². The van der Waals surface area contributed by atoms with E-state index in [1.807, 2.05) is 0 Å². The van der Waals surface area contributed by atoms with Crippen LogP contribution in [0, 0.1) is 12.4 Å². The van der Waals surface area contributed by atoms with Crippen molar-refractivity contribution in [3.63, 3.8) is 0 Å². The number of rotatable bonds is 7. The van der Waals surface area contributed by atoms with E-state index in [9.17, 15) is 26.3 Å². The number of benzene rings is 1. The summed E-state index contributed by atoms with van der Waals surface area (Å²) < 4.78 is 83.0. The van der Waals surface area contributed by atoms with Crippen LogP contribution in [0.3, 0.4) is 0 Å². The van der Waals surface area contributed by atoms with E-state index < -0.39 is 23.7 Å². The van der Waals surface area contributed by atoms with Gasteiger partial charge in [-0.25, -0.2) is 0 Å². The number of alkyl halides is 6. The third kappa shape index (κ3) is 6.85. The van der Waals surface area contributed by atoms with E-state index in [2.05, 4.69) is 42.5 Å². The third-order valence-corrected chi connectivity index (χ3v) is 6.92. The predicted molar refractivity (Wildman–Crippen MR) is 161 cm³/mol. The summed E-state index contributed by atoms with van der Waals surface area (Å²) in [5, 5.41) is 7.35. The van der Waals surface area contributed by atoms with Gasteiger partial charge in [0.1, 0.15) is 11.6 Å². The van der Waals surface area contributed by atoms with Crippen molar-refractivity contribution in [2.75, 3.05) is 4.90 Å². The summed E-state index contributed by atoms with van der Waals surface area (Å²) in [6, 6.07) is 16.4. The monoisotopic (exact) mass is 864 g/mol. The van der Waals surface area contributed by atoms with E-state index in [1.54, 1.807) is 59.5 Å². The molecule has 0 radical (unpaired) electrons. The minimum atomic E-state index is -4.75. The van der Waals surface area contributed by atoms with Crippen LogP contribution in [0.5, 0.6) is 0 Å². The molecule has 0 amide bonds. The Morgan fingerprint density at radius 2 is 1.04 bits per heavy atom. The van der Waals surface area contributed by atoms with Crippen molar-refractivity contribution in [3.05, 3.63) is 128 Å². The van der Waals surface area contributed by atoms with Gasteiger partial charge in [0.05, 0.1) is 46.8 Å². The molecule has 7 aromatic rings. The number of nitrogens with zero attached hydrogens (tertiary/aromatic N) is 11. The van der Waals surface area contributed by atoms with E-state index in [0.29, 0.717) is 29.2 Å². The van der Waals surface area contributed by atoms with Gasteiger partial charge in [-0.1, -0.05) is 42.7 Å². The maximum atomic E-state index is 13.6. The molecule has 1 aromatic carbocycles. The van der Waals surface area contributed by atoms with Gasteiger partial charge in [-0.05, 0) is 35.4 Å². The molecule has 0 spiro atoms. The minimum Gasteiger partial charge on any atom is -0.342 e. The Bertz CT molecular complexity index is 2090. The molecule has 0 unspecified atom stereocenters. The maximum Gasteiger partial charge on any atom is 2.00 e. The largest absolute Gasteiger partial charge is 2.00 e. The Kier molecular flexibility index (Phi) is 9.25. The molecule has 0 saturated heterocycles. The fraction of sp³-hybridized carbons (Fsp3) is 0.0625. The van der Waals surface area contributed by atoms with Crippen LogP contribution in [0.15, 0.2) is 104 Å². The summed E-state index contributed by atoms with van der Waals surface area (Å²) in [4.78, 5) is 27.6. The molecule has 0 aliphatic rings. The molecule has 0 saturated carbocycles. The number of aromatic nitrogens is 10. The number of hydrogen-bond donors (Lipinski definition) is 0. The van der Waals surface area contributed by atoms with Crippen molar-refractivity contribution in [2.24, 2.45) is 0 Å². The molecule has 6 aromatic heterocycles. The normalized spacial score (nSPS) is 11.6. The fourth-order valence-corrected chi connectivity index (χ4v) is 4.75. The standard InChI is InChI=1S/C32H17F6N11.Pt/c33-31(34,35)25-10-16-47(45-25)29-21(23-18-39-12-14-41-23)6-8-27(43-29)49(20-4-2-1-3-5-20)28-9-7-22(24-19-40-13-15-42-24)30(44-28)48-17-11-26(46-48)32(36,37)38;/h1-15,18-19H;/q-2;+2. The van der Waals surface area contributed by atoms with Crippen LogP contribution in [0.4, 0.5) is 43.7 Å². The molecule has 7 rings (SSSR count).